The summed E-state index contributed by atoms with van der Waals surface area (Å²) in [6.07, 6.45) is -5.26. The molecule has 10 nitrogen and oxygen atoms in total. The number of halogens is 3. The van der Waals surface area contributed by atoms with Crippen molar-refractivity contribution >= 4 is 17.6 Å². The quantitative estimate of drug-likeness (QED) is 0.555. The van der Waals surface area contributed by atoms with Gasteiger partial charge in [0.1, 0.15) is 11.4 Å². The number of ether oxygens (including phenoxy) is 2. The molecule has 13 heteroatoms. The van der Waals surface area contributed by atoms with Gasteiger partial charge >= 0.3 is 11.9 Å². The fourth-order valence-electron chi connectivity index (χ4n) is 3.67. The van der Waals surface area contributed by atoms with Crippen LogP contribution < -0.4 is 31.4 Å². The van der Waals surface area contributed by atoms with Crippen LogP contribution in [-0.2, 0) is 28.1 Å². The second kappa shape index (κ2) is 8.78. The van der Waals surface area contributed by atoms with Crippen molar-refractivity contribution < 1.29 is 32.2 Å². The van der Waals surface area contributed by atoms with Gasteiger partial charge < -0.3 is 20.1 Å². The summed E-state index contributed by atoms with van der Waals surface area (Å²) in [4.78, 5) is 52.3. The fourth-order valence-corrected chi connectivity index (χ4v) is 3.67. The molecule has 3 rings (SSSR count). The van der Waals surface area contributed by atoms with Crippen molar-refractivity contribution in [3.63, 3.8) is 0 Å². The topological polar surface area (TPSA) is 132 Å². The van der Waals surface area contributed by atoms with Gasteiger partial charge in [0.15, 0.2) is 11.5 Å². The highest BCUT2D eigenvalue weighted by molar-refractivity contribution is 6.07. The molecule has 2 heterocycles. The average Bonchev–Trinajstić information content (AvgIpc) is 3.05. The van der Waals surface area contributed by atoms with Crippen molar-refractivity contribution in [2.45, 2.75) is 45.5 Å². The van der Waals surface area contributed by atoms with Gasteiger partial charge in [-0.2, -0.15) is 13.2 Å². The Morgan fingerprint density at radius 1 is 1.09 bits per heavy atom. The van der Waals surface area contributed by atoms with E-state index in [4.69, 9.17) is 9.47 Å². The molecule has 190 valence electrons. The van der Waals surface area contributed by atoms with E-state index in [2.05, 4.69) is 0 Å². The Labute approximate surface area is 197 Å². The van der Waals surface area contributed by atoms with Gasteiger partial charge in [0.05, 0.1) is 14.2 Å². The van der Waals surface area contributed by atoms with Crippen LogP contribution in [0.4, 0.5) is 19.0 Å². The van der Waals surface area contributed by atoms with Crippen LogP contribution in [0.1, 0.15) is 31.9 Å². The number of rotatable bonds is 6. The van der Waals surface area contributed by atoms with Crippen LogP contribution in [0.5, 0.6) is 11.5 Å². The Bertz CT molecular complexity index is 1290. The number of hydrogen-bond acceptors (Lipinski definition) is 6. The molecule has 35 heavy (non-hydrogen) atoms. The van der Waals surface area contributed by atoms with E-state index in [1.165, 1.54) is 35.0 Å². The van der Waals surface area contributed by atoms with E-state index in [-0.39, 0.29) is 13.0 Å². The number of nitrogens with zero attached hydrogens (tertiary/aromatic N) is 1. The summed E-state index contributed by atoms with van der Waals surface area (Å²) in [5, 5.41) is 3.73. The number of nitrogens with one attached hydrogen (secondary N) is 3. The highest BCUT2D eigenvalue weighted by Gasteiger charge is 2.68. The largest absolute Gasteiger partial charge is 0.493 e. The second-order valence-corrected chi connectivity index (χ2v) is 8.98. The molecule has 1 aliphatic rings. The van der Waals surface area contributed by atoms with Crippen LogP contribution in [0.3, 0.4) is 0 Å². The molecule has 1 aromatic heterocycles. The maximum absolute atomic E-state index is 14.4. The minimum absolute atomic E-state index is 0.127. The minimum atomic E-state index is -5.39. The highest BCUT2D eigenvalue weighted by Crippen LogP contribution is 2.45. The molecule has 0 aliphatic carbocycles. The Balaban J connectivity index is 2.12. The molecule has 2 aromatic rings. The number of carbonyl (C=O) groups excluding carboxylic acids is 2. The third kappa shape index (κ3) is 4.37. The molecule has 0 unspecified atom stereocenters. The first kappa shape index (κ1) is 25.8. The maximum atomic E-state index is 14.4. The van der Waals surface area contributed by atoms with Crippen molar-refractivity contribution in [1.29, 1.82) is 0 Å². The summed E-state index contributed by atoms with van der Waals surface area (Å²) in [5.41, 5.74) is -7.89. The maximum Gasteiger partial charge on any atom is 0.425 e. The molecule has 1 aliphatic heterocycles. The Morgan fingerprint density at radius 3 is 2.26 bits per heavy atom. The zero-order chi connectivity index (χ0) is 26.3. The summed E-state index contributed by atoms with van der Waals surface area (Å²) in [7, 11) is 2.88. The van der Waals surface area contributed by atoms with E-state index in [1.54, 1.807) is 23.5 Å². The zero-order valence-corrected chi connectivity index (χ0v) is 19.7. The predicted molar refractivity (Wildman–Crippen MR) is 119 cm³/mol. The van der Waals surface area contributed by atoms with Crippen molar-refractivity contribution in [3.05, 3.63) is 50.2 Å². The van der Waals surface area contributed by atoms with Gasteiger partial charge in [0.2, 0.25) is 11.4 Å². The lowest BCUT2D eigenvalue weighted by atomic mass is 9.88. The average molecular weight is 498 g/mol. The van der Waals surface area contributed by atoms with Gasteiger partial charge in [0, 0.05) is 12.0 Å². The fraction of sp³-hybridized carbons (Fsp3) is 0.455. The molecule has 0 radical (unpaired) electrons. The summed E-state index contributed by atoms with van der Waals surface area (Å²) < 4.78 is 54.3. The first-order valence-electron chi connectivity index (χ1n) is 10.5. The summed E-state index contributed by atoms with van der Waals surface area (Å²) >= 11 is 0. The van der Waals surface area contributed by atoms with Gasteiger partial charge in [0.25, 0.3) is 11.5 Å². The smallest absolute Gasteiger partial charge is 0.425 e. The first-order chi connectivity index (χ1) is 16.2. The first-order valence-corrected chi connectivity index (χ1v) is 10.5. The number of alkyl halides is 3. The molecule has 0 saturated carbocycles. The van der Waals surface area contributed by atoms with Gasteiger partial charge in [-0.3, -0.25) is 23.9 Å². The van der Waals surface area contributed by atoms with E-state index in [0.717, 1.165) is 4.57 Å². The van der Waals surface area contributed by atoms with E-state index in [0.29, 0.717) is 17.1 Å². The number of aromatic amines is 1. The molecule has 2 amide bonds. The van der Waals surface area contributed by atoms with Crippen molar-refractivity contribution in [3.8, 4) is 11.5 Å². The second-order valence-electron chi connectivity index (χ2n) is 8.98. The van der Waals surface area contributed by atoms with Gasteiger partial charge in [-0.05, 0) is 24.1 Å². The van der Waals surface area contributed by atoms with Crippen LogP contribution >= 0.6 is 0 Å². The minimum Gasteiger partial charge on any atom is -0.493 e. The van der Waals surface area contributed by atoms with Crippen LogP contribution in [0.15, 0.2) is 27.8 Å². The Hall–Kier alpha value is -3.77. The standard InChI is InChI=1S/C22H25F3N4O6/c1-20(2,3)17(31)28-21(22(23,24)25)14-15(26-18(21)32)29(19(33)27-16(14)30)9-8-11-6-7-12(34-4)13(10-11)35-5/h6-7,10H,8-9H2,1-5H3,(H,26,32)(H,28,31)(H,27,30,33)/t21-/m0/s1. The molecule has 0 fully saturated rings. The van der Waals surface area contributed by atoms with Crippen LogP contribution in [-0.4, -0.2) is 41.8 Å². The van der Waals surface area contributed by atoms with E-state index in [1.807, 2.05) is 10.3 Å². The summed E-state index contributed by atoms with van der Waals surface area (Å²) in [6, 6.07) is 4.91. The van der Waals surface area contributed by atoms with Crippen molar-refractivity contribution in [1.82, 2.24) is 14.9 Å². The molecule has 0 spiro atoms. The number of H-pyrrole nitrogens is 1. The van der Waals surface area contributed by atoms with Crippen LogP contribution in [0, 0.1) is 5.41 Å². The summed E-state index contributed by atoms with van der Waals surface area (Å²) in [5.74, 6) is -2.57. The molecule has 3 N–H and O–H groups in total. The summed E-state index contributed by atoms with van der Waals surface area (Å²) in [6.45, 7) is 3.87. The number of anilines is 1. The number of hydrogen-bond donors (Lipinski definition) is 3. The lowest BCUT2D eigenvalue weighted by Crippen LogP contribution is -2.63. The van der Waals surface area contributed by atoms with E-state index < -0.39 is 51.6 Å². The normalized spacial score (nSPS) is 17.5. The lowest BCUT2D eigenvalue weighted by molar-refractivity contribution is -0.201. The van der Waals surface area contributed by atoms with Gasteiger partial charge in [-0.1, -0.05) is 26.8 Å². The number of aryl methyl sites for hydroxylation is 1. The number of aromatic nitrogens is 2. The monoisotopic (exact) mass is 498 g/mol. The van der Waals surface area contributed by atoms with Gasteiger partial charge in [-0.15, -0.1) is 0 Å². The Kier molecular flexibility index (Phi) is 6.49. The highest BCUT2D eigenvalue weighted by atomic mass is 19.4. The van der Waals surface area contributed by atoms with Crippen LogP contribution in [0.2, 0.25) is 0 Å². The molecule has 0 bridgehead atoms. The van der Waals surface area contributed by atoms with E-state index in [9.17, 15) is 32.3 Å². The Morgan fingerprint density at radius 2 is 1.71 bits per heavy atom. The number of methoxy groups -OCH3 is 2. The number of amides is 2. The molecule has 0 saturated heterocycles. The lowest BCUT2D eigenvalue weighted by Gasteiger charge is -2.32. The van der Waals surface area contributed by atoms with E-state index >= 15 is 0 Å². The molecular formula is C22H25F3N4O6. The predicted octanol–water partition coefficient (Wildman–Crippen LogP) is 1.67. The molecule has 1 aromatic carbocycles. The SMILES string of the molecule is COc1ccc(CCn2c3c(c(=O)[nH]c2=O)[C@@](NC(=O)C(C)(C)C)(C(F)(F)F)C(=O)N3)cc1OC. The third-order valence-corrected chi connectivity index (χ3v) is 5.63. The zero-order valence-electron chi connectivity index (χ0n) is 19.7. The molecule has 1 atom stereocenters. The molecular weight excluding hydrogens is 473 g/mol. The number of fused-ring (bicyclic) bond motifs is 1. The number of carbonyl (C=O) groups is 2. The van der Waals surface area contributed by atoms with Crippen molar-refractivity contribution in [2.24, 2.45) is 5.41 Å². The van der Waals surface area contributed by atoms with Crippen molar-refractivity contribution in [2.75, 3.05) is 19.5 Å². The third-order valence-electron chi connectivity index (χ3n) is 5.63. The van der Waals surface area contributed by atoms with Gasteiger partial charge in [-0.25, -0.2) is 4.79 Å². The van der Waals surface area contributed by atoms with Crippen LogP contribution in [0.25, 0.3) is 0 Å². The number of benzene rings is 1.